The van der Waals surface area contributed by atoms with E-state index in [2.05, 4.69) is 0 Å². The Labute approximate surface area is 134 Å². The number of aliphatic hydroxyl groups excluding tert-OH is 1. The Balaban J connectivity index is 2.71. The van der Waals surface area contributed by atoms with Crippen LogP contribution in [0.1, 0.15) is 18.9 Å². The molecule has 0 bridgehead atoms. The van der Waals surface area contributed by atoms with E-state index in [-0.39, 0.29) is 6.42 Å². The van der Waals surface area contributed by atoms with Gasteiger partial charge >= 0.3 is 12.1 Å². The lowest BCUT2D eigenvalue weighted by Crippen LogP contribution is -2.52. The Hall–Kier alpha value is -2.59. The highest BCUT2D eigenvalue weighted by atomic mass is 16.5. The highest BCUT2D eigenvalue weighted by Crippen LogP contribution is 2.51. The van der Waals surface area contributed by atoms with E-state index >= 15 is 0 Å². The summed E-state index contributed by atoms with van der Waals surface area (Å²) in [5.74, 6) is -2.02. The summed E-state index contributed by atoms with van der Waals surface area (Å²) < 4.78 is 9.45. The van der Waals surface area contributed by atoms with Gasteiger partial charge in [0.1, 0.15) is 6.23 Å². The fourth-order valence-electron chi connectivity index (χ4n) is 3.25. The lowest BCUT2D eigenvalue weighted by Gasteiger charge is -2.36. The number of para-hydroxylation sites is 1. The quantitative estimate of drug-likeness (QED) is 0.849. The number of carbonyl (C=O) groups excluding carboxylic acids is 2. The second-order valence-corrected chi connectivity index (χ2v) is 5.21. The maximum absolute atomic E-state index is 12.1. The summed E-state index contributed by atoms with van der Waals surface area (Å²) >= 11 is 0. The van der Waals surface area contributed by atoms with Crippen LogP contribution < -0.4 is 4.90 Å². The van der Waals surface area contributed by atoms with Gasteiger partial charge in [0.2, 0.25) is 0 Å². The molecule has 0 spiro atoms. The maximum Gasteiger partial charge on any atom is 0.416 e. The van der Waals surface area contributed by atoms with Crippen molar-refractivity contribution >= 4 is 17.7 Å². The van der Waals surface area contributed by atoms with E-state index in [4.69, 9.17) is 9.47 Å². The summed E-state index contributed by atoms with van der Waals surface area (Å²) in [4.78, 5) is 25.3. The zero-order valence-electron chi connectivity index (χ0n) is 13.1. The van der Waals surface area contributed by atoms with Crippen LogP contribution in [-0.4, -0.2) is 37.6 Å². The molecule has 23 heavy (non-hydrogen) atoms. The van der Waals surface area contributed by atoms with Crippen LogP contribution in [0.25, 0.3) is 0 Å². The molecule has 1 aromatic carbocycles. The summed E-state index contributed by atoms with van der Waals surface area (Å²) in [6.07, 6.45) is -1.92. The third-order valence-corrected chi connectivity index (χ3v) is 4.41. The zero-order valence-corrected chi connectivity index (χ0v) is 13.1. The second kappa shape index (κ2) is 6.26. The number of aliphatic hydroxyl groups is 1. The molecule has 1 aromatic rings. The molecule has 3 unspecified atom stereocenters. The van der Waals surface area contributed by atoms with Gasteiger partial charge in [-0.05, 0) is 18.1 Å². The third kappa shape index (κ3) is 2.23. The van der Waals surface area contributed by atoms with Gasteiger partial charge in [0.05, 0.1) is 31.4 Å². The van der Waals surface area contributed by atoms with Crippen LogP contribution in [0.2, 0.25) is 0 Å². The first kappa shape index (κ1) is 16.8. The molecule has 1 N–H and O–H groups in total. The summed E-state index contributed by atoms with van der Waals surface area (Å²) in [5.41, 5.74) is -0.331. The predicted molar refractivity (Wildman–Crippen MR) is 80.4 cm³/mol. The first-order valence-corrected chi connectivity index (χ1v) is 7.11. The van der Waals surface area contributed by atoms with Gasteiger partial charge in [-0.3, -0.25) is 9.69 Å². The molecule has 0 aromatic heterocycles. The van der Waals surface area contributed by atoms with Gasteiger partial charge in [0, 0.05) is 0 Å². The molecule has 122 valence electrons. The molecule has 7 heteroatoms. The average Bonchev–Trinajstić information content (AvgIpc) is 2.84. The molecule has 0 fully saturated rings. The Morgan fingerprint density at radius 2 is 2.04 bits per heavy atom. The van der Waals surface area contributed by atoms with Crippen molar-refractivity contribution in [2.75, 3.05) is 19.1 Å². The second-order valence-electron chi connectivity index (χ2n) is 5.21. The van der Waals surface area contributed by atoms with E-state index < -0.39 is 29.6 Å². The zero-order chi connectivity index (χ0) is 17.2. The molecule has 2 rings (SSSR count). The maximum atomic E-state index is 12.1. The van der Waals surface area contributed by atoms with Gasteiger partial charge in [-0.2, -0.15) is 5.26 Å². The fraction of sp³-hybridized carbons (Fsp3) is 0.438. The van der Waals surface area contributed by atoms with E-state index in [1.807, 2.05) is 6.07 Å². The Morgan fingerprint density at radius 1 is 1.39 bits per heavy atom. The molecule has 7 nitrogen and oxygen atoms in total. The van der Waals surface area contributed by atoms with Crippen LogP contribution in [0.5, 0.6) is 0 Å². The fourth-order valence-corrected chi connectivity index (χ4v) is 3.25. The average molecular weight is 318 g/mol. The Bertz CT molecular complexity index is 669. The third-order valence-electron chi connectivity index (χ3n) is 4.41. The molecule has 1 aliphatic heterocycles. The molecule has 0 saturated heterocycles. The highest BCUT2D eigenvalue weighted by Gasteiger charge is 2.58. The largest absolute Gasteiger partial charge is 0.468 e. The number of hydrogen-bond acceptors (Lipinski definition) is 6. The van der Waals surface area contributed by atoms with Gasteiger partial charge in [-0.25, -0.2) is 4.79 Å². The van der Waals surface area contributed by atoms with Gasteiger partial charge < -0.3 is 14.6 Å². The van der Waals surface area contributed by atoms with Crippen molar-refractivity contribution in [1.82, 2.24) is 0 Å². The molecule has 1 amide bonds. The van der Waals surface area contributed by atoms with Crippen molar-refractivity contribution in [3.63, 3.8) is 0 Å². The number of fused-ring (bicyclic) bond motifs is 1. The first-order chi connectivity index (χ1) is 11.0. The molecule has 0 radical (unpaired) electrons. The van der Waals surface area contributed by atoms with Gasteiger partial charge in [-0.1, -0.05) is 25.1 Å². The van der Waals surface area contributed by atoms with Crippen LogP contribution in [-0.2, 0) is 19.7 Å². The van der Waals surface area contributed by atoms with Crippen molar-refractivity contribution in [2.24, 2.45) is 5.92 Å². The van der Waals surface area contributed by atoms with Crippen LogP contribution in [0, 0.1) is 17.2 Å². The van der Waals surface area contributed by atoms with Crippen LogP contribution in [0.4, 0.5) is 10.5 Å². The topological polar surface area (TPSA) is 99.9 Å². The van der Waals surface area contributed by atoms with E-state index in [0.717, 1.165) is 4.90 Å². The van der Waals surface area contributed by atoms with E-state index in [1.54, 1.807) is 31.2 Å². The minimum absolute atomic E-state index is 0.256. The number of benzene rings is 1. The minimum atomic E-state index is -1.42. The number of ether oxygens (including phenoxy) is 2. The summed E-state index contributed by atoms with van der Waals surface area (Å²) in [5, 5.41) is 20.3. The normalized spacial score (nSPS) is 23.6. The van der Waals surface area contributed by atoms with Crippen molar-refractivity contribution in [1.29, 1.82) is 5.26 Å². The molecule has 3 atom stereocenters. The Kier molecular flexibility index (Phi) is 4.57. The number of hydrogen-bond donors (Lipinski definition) is 1. The molecule has 0 aliphatic carbocycles. The number of anilines is 1. The molecule has 0 saturated carbocycles. The van der Waals surface area contributed by atoms with Gasteiger partial charge in [0.15, 0.2) is 5.92 Å². The van der Waals surface area contributed by atoms with Crippen LogP contribution >= 0.6 is 0 Å². The number of methoxy groups -OCH3 is 2. The predicted octanol–water partition coefficient (Wildman–Crippen LogP) is 1.55. The van der Waals surface area contributed by atoms with Crippen molar-refractivity contribution < 1.29 is 24.2 Å². The number of nitriles is 1. The molecule has 1 heterocycles. The van der Waals surface area contributed by atoms with Crippen LogP contribution in [0.15, 0.2) is 24.3 Å². The highest BCUT2D eigenvalue weighted by molar-refractivity contribution is 5.93. The molecular formula is C16H18N2O5. The van der Waals surface area contributed by atoms with Gasteiger partial charge in [0.25, 0.3) is 0 Å². The van der Waals surface area contributed by atoms with E-state index in [9.17, 15) is 20.0 Å². The molecule has 1 aliphatic rings. The number of esters is 1. The number of nitrogens with zero attached hydrogens (tertiary/aromatic N) is 2. The monoisotopic (exact) mass is 318 g/mol. The smallest absolute Gasteiger partial charge is 0.416 e. The van der Waals surface area contributed by atoms with Gasteiger partial charge in [-0.15, -0.1) is 0 Å². The lowest BCUT2D eigenvalue weighted by molar-refractivity contribution is -0.147. The van der Waals surface area contributed by atoms with Crippen molar-refractivity contribution in [2.45, 2.75) is 25.0 Å². The summed E-state index contributed by atoms with van der Waals surface area (Å²) in [7, 11) is 2.38. The van der Waals surface area contributed by atoms with E-state index in [0.29, 0.717) is 11.3 Å². The van der Waals surface area contributed by atoms with E-state index in [1.165, 1.54) is 14.2 Å². The van der Waals surface area contributed by atoms with Crippen molar-refractivity contribution in [3.05, 3.63) is 29.8 Å². The SMILES string of the molecule is CCC1(C(C#N)C(=O)OC)c2ccccc2N(C(=O)OC)C1O. The number of rotatable bonds is 3. The molecular weight excluding hydrogens is 300 g/mol. The number of carbonyl (C=O) groups is 2. The first-order valence-electron chi connectivity index (χ1n) is 7.11. The van der Waals surface area contributed by atoms with Crippen molar-refractivity contribution in [3.8, 4) is 6.07 Å². The summed E-state index contributed by atoms with van der Waals surface area (Å²) in [6, 6.07) is 8.68. The Morgan fingerprint density at radius 3 is 2.57 bits per heavy atom. The van der Waals surface area contributed by atoms with Crippen LogP contribution in [0.3, 0.4) is 0 Å². The lowest BCUT2D eigenvalue weighted by atomic mass is 9.69. The minimum Gasteiger partial charge on any atom is -0.468 e. The number of amides is 1. The summed E-state index contributed by atoms with van der Waals surface area (Å²) in [6.45, 7) is 1.74. The standard InChI is InChI=1S/C16H18N2O5/c1-4-16(11(9-17)13(19)22-2)10-7-5-6-8-12(10)18(14(16)20)15(21)23-3/h5-8,11,14,20H,4H2,1-3H3.